The van der Waals surface area contributed by atoms with E-state index < -0.39 is 10.0 Å². The molecule has 1 aromatic heterocycles. The van der Waals surface area contributed by atoms with Gasteiger partial charge in [-0.15, -0.1) is 0 Å². The average molecular weight is 392 g/mol. The molecule has 2 aromatic rings. The highest BCUT2D eigenvalue weighted by atomic mass is 32.2. The summed E-state index contributed by atoms with van der Waals surface area (Å²) >= 11 is 0. The molecule has 1 aliphatic heterocycles. The minimum atomic E-state index is -3.57. The molecule has 0 saturated carbocycles. The summed E-state index contributed by atoms with van der Waals surface area (Å²) in [5.41, 5.74) is 0. The summed E-state index contributed by atoms with van der Waals surface area (Å²) in [4.78, 5) is 14.3. The van der Waals surface area contributed by atoms with Gasteiger partial charge < -0.3 is 14.1 Å². The molecule has 0 N–H and O–H groups in total. The zero-order valence-corrected chi connectivity index (χ0v) is 16.2. The van der Waals surface area contributed by atoms with Crippen LogP contribution in [0, 0.1) is 0 Å². The van der Waals surface area contributed by atoms with Gasteiger partial charge in [0.05, 0.1) is 17.8 Å². The van der Waals surface area contributed by atoms with E-state index >= 15 is 0 Å². The fourth-order valence-electron chi connectivity index (χ4n) is 3.04. The smallest absolute Gasteiger partial charge is 0.243 e. The second kappa shape index (κ2) is 8.58. The average Bonchev–Trinajstić information content (AvgIpc) is 3.20. The molecule has 0 radical (unpaired) electrons. The lowest BCUT2D eigenvalue weighted by Gasteiger charge is -2.34. The maximum atomic E-state index is 12.8. The first-order valence-electron chi connectivity index (χ1n) is 9.04. The molecule has 1 fully saturated rings. The minimum absolute atomic E-state index is 0.0181. The van der Waals surface area contributed by atoms with E-state index in [4.69, 9.17) is 9.15 Å². The van der Waals surface area contributed by atoms with Crippen molar-refractivity contribution >= 4 is 15.9 Å². The third-order valence-corrected chi connectivity index (χ3v) is 6.44. The lowest BCUT2D eigenvalue weighted by atomic mass is 10.2. The summed E-state index contributed by atoms with van der Waals surface area (Å²) in [6.07, 6.45) is 2.50. The SMILES string of the molecule is CCOc1ccc(S(=O)(=O)N2CCN(C(=O)CCc3ccco3)CC2)cc1. The van der Waals surface area contributed by atoms with Crippen molar-refractivity contribution < 1.29 is 22.4 Å². The van der Waals surface area contributed by atoms with Crippen LogP contribution in [0.3, 0.4) is 0 Å². The van der Waals surface area contributed by atoms with Crippen LogP contribution in [0.1, 0.15) is 19.1 Å². The van der Waals surface area contributed by atoms with Crippen molar-refractivity contribution in [1.29, 1.82) is 0 Å². The number of rotatable bonds is 7. The number of hydrogen-bond acceptors (Lipinski definition) is 5. The summed E-state index contributed by atoms with van der Waals surface area (Å²) < 4.78 is 37.6. The van der Waals surface area contributed by atoms with Crippen LogP contribution in [-0.4, -0.2) is 56.3 Å². The highest BCUT2D eigenvalue weighted by molar-refractivity contribution is 7.89. The Morgan fingerprint density at radius 3 is 2.41 bits per heavy atom. The van der Waals surface area contributed by atoms with Gasteiger partial charge in [0.15, 0.2) is 0 Å². The fraction of sp³-hybridized carbons (Fsp3) is 0.421. The molecule has 0 aliphatic carbocycles. The number of hydrogen-bond donors (Lipinski definition) is 0. The molecule has 1 aromatic carbocycles. The first-order chi connectivity index (χ1) is 13.0. The predicted octanol–water partition coefficient (Wildman–Crippen LogP) is 2.14. The highest BCUT2D eigenvalue weighted by Gasteiger charge is 2.30. The number of carbonyl (C=O) groups is 1. The number of benzene rings is 1. The molecule has 1 amide bonds. The fourth-order valence-corrected chi connectivity index (χ4v) is 4.47. The van der Waals surface area contributed by atoms with Crippen molar-refractivity contribution in [3.05, 3.63) is 48.4 Å². The van der Waals surface area contributed by atoms with Gasteiger partial charge in [0.2, 0.25) is 15.9 Å². The Morgan fingerprint density at radius 2 is 1.81 bits per heavy atom. The van der Waals surface area contributed by atoms with Gasteiger partial charge in [0, 0.05) is 39.0 Å². The van der Waals surface area contributed by atoms with Crippen molar-refractivity contribution in [3.8, 4) is 5.75 Å². The van der Waals surface area contributed by atoms with Gasteiger partial charge in [0.25, 0.3) is 0 Å². The molecule has 146 valence electrons. The van der Waals surface area contributed by atoms with E-state index in [9.17, 15) is 13.2 Å². The first kappa shape index (κ1) is 19.4. The number of furan rings is 1. The standard InChI is InChI=1S/C19H24N2O5S/c1-2-25-17-5-8-18(9-6-17)27(23,24)21-13-11-20(12-14-21)19(22)10-7-16-4-3-15-26-16/h3-6,8-9,15H,2,7,10-14H2,1H3. The zero-order chi connectivity index (χ0) is 19.3. The molecular formula is C19H24N2O5S. The van der Waals surface area contributed by atoms with Crippen molar-refractivity contribution in [2.24, 2.45) is 0 Å². The maximum absolute atomic E-state index is 12.8. The molecule has 0 unspecified atom stereocenters. The monoisotopic (exact) mass is 392 g/mol. The van der Waals surface area contributed by atoms with Crippen LogP contribution in [0.15, 0.2) is 52.0 Å². The normalized spacial score (nSPS) is 15.7. The summed E-state index contributed by atoms with van der Waals surface area (Å²) in [6.45, 7) is 3.78. The van der Waals surface area contributed by atoms with Crippen LogP contribution < -0.4 is 4.74 Å². The van der Waals surface area contributed by atoms with Gasteiger partial charge in [-0.1, -0.05) is 0 Å². The summed E-state index contributed by atoms with van der Waals surface area (Å²) in [7, 11) is -3.57. The van der Waals surface area contributed by atoms with E-state index in [-0.39, 0.29) is 10.8 Å². The molecule has 7 nitrogen and oxygen atoms in total. The van der Waals surface area contributed by atoms with Crippen LogP contribution in [-0.2, 0) is 21.2 Å². The van der Waals surface area contributed by atoms with Crippen molar-refractivity contribution in [3.63, 3.8) is 0 Å². The van der Waals surface area contributed by atoms with Crippen LogP contribution in [0.25, 0.3) is 0 Å². The molecule has 0 atom stereocenters. The Kier molecular flexibility index (Phi) is 6.18. The van der Waals surface area contributed by atoms with Crippen LogP contribution in [0.5, 0.6) is 5.75 Å². The van der Waals surface area contributed by atoms with Gasteiger partial charge in [-0.25, -0.2) is 8.42 Å². The van der Waals surface area contributed by atoms with Gasteiger partial charge in [-0.3, -0.25) is 4.79 Å². The van der Waals surface area contributed by atoms with Gasteiger partial charge in [0.1, 0.15) is 11.5 Å². The third kappa shape index (κ3) is 4.70. The lowest BCUT2D eigenvalue weighted by Crippen LogP contribution is -2.50. The minimum Gasteiger partial charge on any atom is -0.494 e. The van der Waals surface area contributed by atoms with E-state index in [0.717, 1.165) is 5.76 Å². The number of piperazine rings is 1. The summed E-state index contributed by atoms with van der Waals surface area (Å²) in [5, 5.41) is 0. The zero-order valence-electron chi connectivity index (χ0n) is 15.3. The van der Waals surface area contributed by atoms with E-state index in [1.807, 2.05) is 13.0 Å². The molecule has 2 heterocycles. The van der Waals surface area contributed by atoms with E-state index in [0.29, 0.717) is 51.4 Å². The largest absolute Gasteiger partial charge is 0.494 e. The topological polar surface area (TPSA) is 80.1 Å². The number of amides is 1. The van der Waals surface area contributed by atoms with Crippen molar-refractivity contribution in [2.45, 2.75) is 24.7 Å². The Balaban J connectivity index is 1.55. The summed E-state index contributed by atoms with van der Waals surface area (Å²) in [5.74, 6) is 1.44. The second-order valence-electron chi connectivity index (χ2n) is 6.27. The number of aryl methyl sites for hydroxylation is 1. The van der Waals surface area contributed by atoms with Crippen LogP contribution >= 0.6 is 0 Å². The number of nitrogens with zero attached hydrogens (tertiary/aromatic N) is 2. The van der Waals surface area contributed by atoms with Gasteiger partial charge >= 0.3 is 0 Å². The third-order valence-electron chi connectivity index (χ3n) is 4.53. The quantitative estimate of drug-likeness (QED) is 0.721. The molecular weight excluding hydrogens is 368 g/mol. The Bertz CT molecular complexity index is 839. The molecule has 1 aliphatic rings. The highest BCUT2D eigenvalue weighted by Crippen LogP contribution is 2.21. The van der Waals surface area contributed by atoms with E-state index in [1.165, 1.54) is 4.31 Å². The van der Waals surface area contributed by atoms with Gasteiger partial charge in [-0.2, -0.15) is 4.31 Å². The second-order valence-corrected chi connectivity index (χ2v) is 8.21. The molecule has 0 bridgehead atoms. The van der Waals surface area contributed by atoms with Crippen LogP contribution in [0.2, 0.25) is 0 Å². The lowest BCUT2D eigenvalue weighted by molar-refractivity contribution is -0.132. The number of sulfonamides is 1. The Morgan fingerprint density at radius 1 is 1.11 bits per heavy atom. The van der Waals surface area contributed by atoms with Crippen molar-refractivity contribution in [1.82, 2.24) is 9.21 Å². The van der Waals surface area contributed by atoms with Gasteiger partial charge in [-0.05, 0) is 43.3 Å². The number of ether oxygens (including phenoxy) is 1. The molecule has 1 saturated heterocycles. The number of carbonyl (C=O) groups excluding carboxylic acids is 1. The molecule has 8 heteroatoms. The predicted molar refractivity (Wildman–Crippen MR) is 100.0 cm³/mol. The first-order valence-corrected chi connectivity index (χ1v) is 10.5. The summed E-state index contributed by atoms with van der Waals surface area (Å²) in [6, 6.07) is 10.1. The van der Waals surface area contributed by atoms with E-state index in [1.54, 1.807) is 41.5 Å². The molecule has 27 heavy (non-hydrogen) atoms. The maximum Gasteiger partial charge on any atom is 0.243 e. The molecule has 0 spiro atoms. The van der Waals surface area contributed by atoms with Crippen LogP contribution in [0.4, 0.5) is 0 Å². The Labute approximate surface area is 159 Å². The molecule has 3 rings (SSSR count). The Hall–Kier alpha value is -2.32. The van der Waals surface area contributed by atoms with Crippen molar-refractivity contribution in [2.75, 3.05) is 32.8 Å². The van der Waals surface area contributed by atoms with E-state index in [2.05, 4.69) is 0 Å².